The lowest BCUT2D eigenvalue weighted by Gasteiger charge is -1.92. The van der Waals surface area contributed by atoms with Gasteiger partial charge in [-0.1, -0.05) is 12.1 Å². The number of rotatable bonds is 2. The number of hydrogen-bond donors (Lipinski definition) is 1. The summed E-state index contributed by atoms with van der Waals surface area (Å²) in [5.74, 6) is 0. The van der Waals surface area contributed by atoms with E-state index in [1.807, 2.05) is 29.6 Å². The fraction of sp³-hybridized carbons (Fsp3) is 0. The molecule has 15 heavy (non-hydrogen) atoms. The van der Waals surface area contributed by atoms with Crippen LogP contribution < -0.4 is 5.32 Å². The van der Waals surface area contributed by atoms with Gasteiger partial charge in [-0.05, 0) is 12.1 Å². The molecule has 1 N–H and O–H groups in total. The third-order valence-electron chi connectivity index (χ3n) is 1.94. The van der Waals surface area contributed by atoms with Crippen LogP contribution in [0.2, 0.25) is 0 Å². The summed E-state index contributed by atoms with van der Waals surface area (Å²) in [7, 11) is 0. The largest absolute Gasteiger partial charge is 0.423 e. The molecule has 3 aromatic rings. The van der Waals surface area contributed by atoms with E-state index in [4.69, 9.17) is 4.42 Å². The van der Waals surface area contributed by atoms with Crippen LogP contribution in [0.3, 0.4) is 0 Å². The van der Waals surface area contributed by atoms with Crippen LogP contribution in [-0.2, 0) is 0 Å². The Balaban J connectivity index is 1.98. The molecule has 5 heteroatoms. The molecule has 0 atom stereocenters. The normalized spacial score (nSPS) is 10.7. The third-order valence-corrected chi connectivity index (χ3v) is 2.63. The standard InChI is InChI=1S/C10H7N3OS/c1-2-4-8-7(3-1)12-9(14-8)13-10-11-5-6-15-10/h1-6H,(H,11,12,13). The van der Waals surface area contributed by atoms with E-state index >= 15 is 0 Å². The lowest BCUT2D eigenvalue weighted by atomic mass is 10.3. The minimum atomic E-state index is 0.478. The summed E-state index contributed by atoms with van der Waals surface area (Å²) < 4.78 is 5.49. The van der Waals surface area contributed by atoms with Crippen molar-refractivity contribution in [2.75, 3.05) is 5.32 Å². The van der Waals surface area contributed by atoms with Gasteiger partial charge in [-0.3, -0.25) is 5.32 Å². The highest BCUT2D eigenvalue weighted by Crippen LogP contribution is 2.22. The second-order valence-corrected chi connectivity index (χ2v) is 3.84. The second kappa shape index (κ2) is 3.36. The van der Waals surface area contributed by atoms with Crippen LogP contribution in [0.15, 0.2) is 40.3 Å². The Bertz CT molecular complexity index is 540. The maximum absolute atomic E-state index is 5.49. The van der Waals surface area contributed by atoms with Crippen LogP contribution in [0.1, 0.15) is 0 Å². The summed E-state index contributed by atoms with van der Waals surface area (Å²) in [5, 5.41) is 5.68. The zero-order valence-electron chi connectivity index (χ0n) is 7.68. The van der Waals surface area contributed by atoms with Crippen LogP contribution in [0.5, 0.6) is 0 Å². The van der Waals surface area contributed by atoms with Crippen molar-refractivity contribution < 1.29 is 4.42 Å². The predicted molar refractivity (Wildman–Crippen MR) is 59.4 cm³/mol. The summed E-state index contributed by atoms with van der Waals surface area (Å²) >= 11 is 1.51. The Kier molecular flexibility index (Phi) is 1.89. The van der Waals surface area contributed by atoms with E-state index in [0.717, 1.165) is 16.2 Å². The van der Waals surface area contributed by atoms with E-state index in [-0.39, 0.29) is 0 Å². The molecule has 0 saturated carbocycles. The fourth-order valence-corrected chi connectivity index (χ4v) is 1.82. The lowest BCUT2D eigenvalue weighted by Crippen LogP contribution is -1.87. The van der Waals surface area contributed by atoms with Gasteiger partial charge in [0.2, 0.25) is 0 Å². The minimum Gasteiger partial charge on any atom is -0.423 e. The van der Waals surface area contributed by atoms with Crippen LogP contribution >= 0.6 is 11.3 Å². The molecule has 0 aliphatic carbocycles. The number of thiazole rings is 1. The zero-order chi connectivity index (χ0) is 10.1. The highest BCUT2D eigenvalue weighted by Gasteiger charge is 2.05. The molecule has 0 radical (unpaired) electrons. The molecule has 2 heterocycles. The number of benzene rings is 1. The SMILES string of the molecule is c1ccc2oc(Nc3nccs3)nc2c1. The average molecular weight is 217 g/mol. The molecule has 74 valence electrons. The van der Waals surface area contributed by atoms with Crippen molar-refractivity contribution in [3.05, 3.63) is 35.8 Å². The minimum absolute atomic E-state index is 0.478. The van der Waals surface area contributed by atoms with Gasteiger partial charge >= 0.3 is 6.01 Å². The molecule has 0 unspecified atom stereocenters. The summed E-state index contributed by atoms with van der Waals surface area (Å²) in [4.78, 5) is 8.37. The second-order valence-electron chi connectivity index (χ2n) is 2.95. The first kappa shape index (κ1) is 8.43. The van der Waals surface area contributed by atoms with Gasteiger partial charge in [0.15, 0.2) is 10.7 Å². The first-order chi connectivity index (χ1) is 7.42. The summed E-state index contributed by atoms with van der Waals surface area (Å²) in [6.45, 7) is 0. The number of fused-ring (bicyclic) bond motifs is 1. The fourth-order valence-electron chi connectivity index (χ4n) is 1.30. The van der Waals surface area contributed by atoms with Gasteiger partial charge in [-0.25, -0.2) is 4.98 Å². The number of para-hydroxylation sites is 2. The van der Waals surface area contributed by atoms with Gasteiger partial charge in [0, 0.05) is 11.6 Å². The quantitative estimate of drug-likeness (QED) is 0.716. The number of nitrogens with one attached hydrogen (secondary N) is 1. The van der Waals surface area contributed by atoms with E-state index in [9.17, 15) is 0 Å². The van der Waals surface area contributed by atoms with Crippen molar-refractivity contribution in [2.24, 2.45) is 0 Å². The van der Waals surface area contributed by atoms with Gasteiger partial charge in [-0.15, -0.1) is 11.3 Å². The molecule has 4 nitrogen and oxygen atoms in total. The van der Waals surface area contributed by atoms with Crippen molar-refractivity contribution >= 4 is 33.6 Å². The van der Waals surface area contributed by atoms with Gasteiger partial charge in [0.05, 0.1) is 0 Å². The molecule has 2 aromatic heterocycles. The molecule has 0 amide bonds. The van der Waals surface area contributed by atoms with Crippen molar-refractivity contribution in [2.45, 2.75) is 0 Å². The van der Waals surface area contributed by atoms with Gasteiger partial charge in [0.1, 0.15) is 5.52 Å². The maximum Gasteiger partial charge on any atom is 0.302 e. The Morgan fingerprint density at radius 3 is 3.00 bits per heavy atom. The Morgan fingerprint density at radius 1 is 1.27 bits per heavy atom. The summed E-state index contributed by atoms with van der Waals surface area (Å²) in [6, 6.07) is 8.12. The zero-order valence-corrected chi connectivity index (χ0v) is 8.49. The van der Waals surface area contributed by atoms with E-state index in [0.29, 0.717) is 6.01 Å². The third kappa shape index (κ3) is 1.57. The van der Waals surface area contributed by atoms with Crippen LogP contribution in [-0.4, -0.2) is 9.97 Å². The van der Waals surface area contributed by atoms with E-state index in [1.165, 1.54) is 11.3 Å². The molecule has 0 fully saturated rings. The molecule has 0 spiro atoms. The van der Waals surface area contributed by atoms with E-state index < -0.39 is 0 Å². The monoisotopic (exact) mass is 217 g/mol. The van der Waals surface area contributed by atoms with Crippen LogP contribution in [0.25, 0.3) is 11.1 Å². The Labute approximate surface area is 89.6 Å². The smallest absolute Gasteiger partial charge is 0.302 e. The molecule has 0 aliphatic rings. The van der Waals surface area contributed by atoms with E-state index in [2.05, 4.69) is 15.3 Å². The first-order valence-corrected chi connectivity index (χ1v) is 5.32. The highest BCUT2D eigenvalue weighted by molar-refractivity contribution is 7.13. The molecular weight excluding hydrogens is 210 g/mol. The predicted octanol–water partition coefficient (Wildman–Crippen LogP) is 3.03. The van der Waals surface area contributed by atoms with E-state index in [1.54, 1.807) is 6.20 Å². The number of hydrogen-bond acceptors (Lipinski definition) is 5. The van der Waals surface area contributed by atoms with Crippen molar-refractivity contribution in [1.82, 2.24) is 9.97 Å². The topological polar surface area (TPSA) is 51.0 Å². The van der Waals surface area contributed by atoms with Crippen molar-refractivity contribution in [3.63, 3.8) is 0 Å². The Morgan fingerprint density at radius 2 is 2.20 bits per heavy atom. The number of oxazole rings is 1. The molecule has 0 saturated heterocycles. The molecule has 0 bridgehead atoms. The summed E-state index contributed by atoms with van der Waals surface area (Å²) in [6.07, 6.45) is 1.73. The molecule has 0 aliphatic heterocycles. The number of anilines is 2. The average Bonchev–Trinajstić information content (AvgIpc) is 2.86. The molecule has 1 aromatic carbocycles. The Hall–Kier alpha value is -1.88. The first-order valence-electron chi connectivity index (χ1n) is 4.44. The van der Waals surface area contributed by atoms with Crippen LogP contribution in [0, 0.1) is 0 Å². The molecule has 3 rings (SSSR count). The van der Waals surface area contributed by atoms with Crippen molar-refractivity contribution in [1.29, 1.82) is 0 Å². The van der Waals surface area contributed by atoms with Crippen molar-refractivity contribution in [3.8, 4) is 0 Å². The highest BCUT2D eigenvalue weighted by atomic mass is 32.1. The van der Waals surface area contributed by atoms with Gasteiger partial charge in [0.25, 0.3) is 0 Å². The van der Waals surface area contributed by atoms with Gasteiger partial charge < -0.3 is 4.42 Å². The van der Waals surface area contributed by atoms with Crippen LogP contribution in [0.4, 0.5) is 11.1 Å². The number of nitrogens with zero attached hydrogens (tertiary/aromatic N) is 2. The van der Waals surface area contributed by atoms with Gasteiger partial charge in [-0.2, -0.15) is 4.98 Å². The molecular formula is C10H7N3OS. The number of aromatic nitrogens is 2. The maximum atomic E-state index is 5.49. The lowest BCUT2D eigenvalue weighted by molar-refractivity contribution is 0.623. The summed E-state index contributed by atoms with van der Waals surface area (Å²) in [5.41, 5.74) is 1.62.